The van der Waals surface area contributed by atoms with Crippen molar-refractivity contribution < 1.29 is 28.2 Å². The summed E-state index contributed by atoms with van der Waals surface area (Å²) in [5, 5.41) is 20.6. The Morgan fingerprint density at radius 3 is 1.95 bits per heavy atom. The number of hydrogen-bond acceptors (Lipinski definition) is 4. The fourth-order valence-corrected chi connectivity index (χ4v) is 6.92. The smallest absolute Gasteiger partial charge is 0.325 e. The van der Waals surface area contributed by atoms with Crippen LogP contribution in [-0.2, 0) is 19.6 Å². The van der Waals surface area contributed by atoms with Gasteiger partial charge in [-0.2, -0.15) is 4.31 Å². The van der Waals surface area contributed by atoms with Crippen molar-refractivity contribution in [1.29, 1.82) is 0 Å². The first-order valence-electron chi connectivity index (χ1n) is 12.1. The standard InChI is InChI=1S/C30H24ClNO6S/c31-23-14-10-20(11-15-23)21-12-16-24(17-13-21)39(37,38)32(19-28(33)34)30(29(35)36)18-27(30)26-9-5-4-8-25(26)22-6-2-1-3-7-22/h1-17,27H,18-19H2,(H,33,34)(H,35,36)/t27-,30+/m0/s1. The second kappa shape index (κ2) is 10.3. The monoisotopic (exact) mass is 561 g/mol. The van der Waals surface area contributed by atoms with Gasteiger partial charge in [-0.25, -0.2) is 8.42 Å². The van der Waals surface area contributed by atoms with Gasteiger partial charge in [-0.15, -0.1) is 0 Å². The van der Waals surface area contributed by atoms with Crippen LogP contribution < -0.4 is 0 Å². The molecule has 0 saturated heterocycles. The van der Waals surface area contributed by atoms with E-state index in [-0.39, 0.29) is 11.3 Å². The molecular weight excluding hydrogens is 538 g/mol. The zero-order valence-corrected chi connectivity index (χ0v) is 22.1. The van der Waals surface area contributed by atoms with E-state index in [9.17, 15) is 28.2 Å². The molecule has 0 aliphatic heterocycles. The summed E-state index contributed by atoms with van der Waals surface area (Å²) < 4.78 is 28.4. The third-order valence-electron chi connectivity index (χ3n) is 7.07. The number of benzene rings is 4. The lowest BCUT2D eigenvalue weighted by Gasteiger charge is -2.28. The first-order chi connectivity index (χ1) is 18.6. The fraction of sp³-hybridized carbons (Fsp3) is 0.133. The van der Waals surface area contributed by atoms with E-state index in [1.165, 1.54) is 12.1 Å². The molecule has 39 heavy (non-hydrogen) atoms. The van der Waals surface area contributed by atoms with Gasteiger partial charge in [0, 0.05) is 10.9 Å². The van der Waals surface area contributed by atoms with Crippen LogP contribution in [0.3, 0.4) is 0 Å². The topological polar surface area (TPSA) is 112 Å². The van der Waals surface area contributed by atoms with Crippen LogP contribution in [0.25, 0.3) is 22.3 Å². The third-order valence-corrected chi connectivity index (χ3v) is 9.22. The summed E-state index contributed by atoms with van der Waals surface area (Å²) in [6.45, 7) is -0.989. The molecule has 0 heterocycles. The molecule has 4 aromatic rings. The zero-order valence-electron chi connectivity index (χ0n) is 20.6. The quantitative estimate of drug-likeness (QED) is 0.269. The lowest BCUT2D eigenvalue weighted by atomic mass is 9.95. The van der Waals surface area contributed by atoms with Gasteiger partial charge in [-0.3, -0.25) is 9.59 Å². The third kappa shape index (κ3) is 4.94. The Morgan fingerprint density at radius 2 is 1.36 bits per heavy atom. The maximum Gasteiger partial charge on any atom is 0.325 e. The molecule has 0 aromatic heterocycles. The highest BCUT2D eigenvalue weighted by Crippen LogP contribution is 2.58. The Kier molecular flexibility index (Phi) is 7.03. The minimum atomic E-state index is -4.51. The van der Waals surface area contributed by atoms with Crippen LogP contribution in [0.15, 0.2) is 108 Å². The highest BCUT2D eigenvalue weighted by atomic mass is 35.5. The average Bonchev–Trinajstić information content (AvgIpc) is 3.69. The van der Waals surface area contributed by atoms with Gasteiger partial charge >= 0.3 is 11.9 Å². The van der Waals surface area contributed by atoms with E-state index in [1.54, 1.807) is 48.5 Å². The predicted molar refractivity (Wildman–Crippen MR) is 148 cm³/mol. The van der Waals surface area contributed by atoms with Gasteiger partial charge in [0.2, 0.25) is 10.0 Å². The molecule has 0 radical (unpaired) electrons. The van der Waals surface area contributed by atoms with Crippen LogP contribution >= 0.6 is 11.6 Å². The van der Waals surface area contributed by atoms with Gasteiger partial charge < -0.3 is 10.2 Å². The van der Waals surface area contributed by atoms with Crippen molar-refractivity contribution in [2.24, 2.45) is 0 Å². The van der Waals surface area contributed by atoms with Gasteiger partial charge in [0.25, 0.3) is 0 Å². The Labute approximate surface area is 231 Å². The normalized spacial score (nSPS) is 18.6. The number of carboxylic acids is 2. The molecule has 198 valence electrons. The van der Waals surface area contributed by atoms with Crippen LogP contribution in [-0.4, -0.2) is 47.0 Å². The highest BCUT2D eigenvalue weighted by molar-refractivity contribution is 7.89. The Bertz CT molecular complexity index is 1640. The van der Waals surface area contributed by atoms with Crippen LogP contribution in [0.2, 0.25) is 5.02 Å². The van der Waals surface area contributed by atoms with Crippen LogP contribution in [0.5, 0.6) is 0 Å². The van der Waals surface area contributed by atoms with E-state index in [2.05, 4.69) is 0 Å². The number of carboxylic acid groups (broad SMARTS) is 2. The number of carbonyl (C=O) groups is 2. The molecule has 0 amide bonds. The number of aliphatic carboxylic acids is 2. The summed E-state index contributed by atoms with van der Waals surface area (Å²) >= 11 is 5.95. The van der Waals surface area contributed by atoms with Crippen LogP contribution in [0.1, 0.15) is 17.9 Å². The maximum absolute atomic E-state index is 13.9. The first kappa shape index (κ1) is 26.6. The molecule has 0 spiro atoms. The number of rotatable bonds is 9. The van der Waals surface area contributed by atoms with Crippen molar-refractivity contribution in [2.75, 3.05) is 6.54 Å². The fourth-order valence-electron chi connectivity index (χ4n) is 5.07. The molecule has 1 saturated carbocycles. The number of hydrogen-bond donors (Lipinski definition) is 2. The molecule has 5 rings (SSSR count). The van der Waals surface area contributed by atoms with E-state index >= 15 is 0 Å². The minimum absolute atomic E-state index is 0.0540. The van der Waals surface area contributed by atoms with Crippen molar-refractivity contribution in [1.82, 2.24) is 4.31 Å². The van der Waals surface area contributed by atoms with Crippen molar-refractivity contribution in [3.05, 3.63) is 114 Å². The molecule has 2 atom stereocenters. The number of sulfonamides is 1. The molecule has 1 aliphatic rings. The SMILES string of the molecule is O=C(O)CN([C@]1(C(=O)O)C[C@H]1c1ccccc1-c1ccccc1)S(=O)(=O)c1ccc(-c2ccc(Cl)cc2)cc1. The van der Waals surface area contributed by atoms with Crippen LogP contribution in [0, 0.1) is 0 Å². The molecule has 4 aromatic carbocycles. The molecular formula is C30H24ClNO6S. The van der Waals surface area contributed by atoms with E-state index in [0.717, 1.165) is 22.3 Å². The van der Waals surface area contributed by atoms with Crippen molar-refractivity contribution in [3.8, 4) is 22.3 Å². The summed E-state index contributed by atoms with van der Waals surface area (Å²) in [7, 11) is -4.51. The van der Waals surface area contributed by atoms with Crippen molar-refractivity contribution in [2.45, 2.75) is 22.8 Å². The molecule has 1 fully saturated rings. The summed E-state index contributed by atoms with van der Waals surface area (Å²) in [6.07, 6.45) is -0.0540. The van der Waals surface area contributed by atoms with Crippen LogP contribution in [0.4, 0.5) is 0 Å². The van der Waals surface area contributed by atoms with Crippen molar-refractivity contribution >= 4 is 33.6 Å². The molecule has 9 heteroatoms. The Morgan fingerprint density at radius 1 is 0.795 bits per heavy atom. The van der Waals surface area contributed by atoms with E-state index < -0.39 is 40.0 Å². The largest absolute Gasteiger partial charge is 0.480 e. The lowest BCUT2D eigenvalue weighted by Crippen LogP contribution is -2.50. The summed E-state index contributed by atoms with van der Waals surface area (Å²) in [5.74, 6) is -3.58. The predicted octanol–water partition coefficient (Wildman–Crippen LogP) is 5.76. The zero-order chi connectivity index (χ0) is 27.8. The number of halogens is 1. The second-order valence-corrected chi connectivity index (χ2v) is 11.7. The summed E-state index contributed by atoms with van der Waals surface area (Å²) in [6, 6.07) is 29.5. The Balaban J connectivity index is 1.55. The van der Waals surface area contributed by atoms with Gasteiger partial charge in [-0.05, 0) is 58.5 Å². The molecule has 0 unspecified atom stereocenters. The summed E-state index contributed by atoms with van der Waals surface area (Å²) in [4.78, 5) is 24.5. The Hall–Kier alpha value is -3.98. The summed E-state index contributed by atoms with van der Waals surface area (Å²) in [5.41, 5.74) is 1.86. The van der Waals surface area contributed by atoms with Gasteiger partial charge in [0.1, 0.15) is 12.1 Å². The van der Waals surface area contributed by atoms with Gasteiger partial charge in [0.05, 0.1) is 4.90 Å². The number of nitrogens with zero attached hydrogens (tertiary/aromatic N) is 1. The average molecular weight is 562 g/mol. The van der Waals surface area contributed by atoms with Crippen molar-refractivity contribution in [3.63, 3.8) is 0 Å². The van der Waals surface area contributed by atoms with E-state index in [1.807, 2.05) is 42.5 Å². The first-order valence-corrected chi connectivity index (χ1v) is 13.9. The second-order valence-electron chi connectivity index (χ2n) is 9.38. The van der Waals surface area contributed by atoms with Gasteiger partial charge in [0.15, 0.2) is 0 Å². The molecule has 1 aliphatic carbocycles. The lowest BCUT2D eigenvalue weighted by molar-refractivity contribution is -0.145. The molecule has 2 N–H and O–H groups in total. The molecule has 7 nitrogen and oxygen atoms in total. The van der Waals surface area contributed by atoms with E-state index in [0.29, 0.717) is 14.9 Å². The maximum atomic E-state index is 13.9. The molecule has 0 bridgehead atoms. The minimum Gasteiger partial charge on any atom is -0.480 e. The highest BCUT2D eigenvalue weighted by Gasteiger charge is 2.68. The van der Waals surface area contributed by atoms with E-state index in [4.69, 9.17) is 11.6 Å². The van der Waals surface area contributed by atoms with Gasteiger partial charge in [-0.1, -0.05) is 90.5 Å².